The van der Waals surface area contributed by atoms with Crippen LogP contribution < -0.4 is 10.6 Å². The number of imide groups is 1. The Balaban J connectivity index is 1.49. The topological polar surface area (TPSA) is 113 Å². The number of Topliss-reactive ketones (excluding diaryl/α,β-unsaturated/α-hetero) is 2. The predicted molar refractivity (Wildman–Crippen MR) is 112 cm³/mol. The van der Waals surface area contributed by atoms with E-state index in [2.05, 4.69) is 10.6 Å². The number of fused-ring (bicyclic) bond motifs is 1. The minimum Gasteiger partial charge on any atom is -0.334 e. The van der Waals surface area contributed by atoms with Crippen molar-refractivity contribution in [2.24, 2.45) is 0 Å². The Kier molecular flexibility index (Phi) is 5.37. The van der Waals surface area contributed by atoms with E-state index >= 15 is 0 Å². The molecule has 0 aromatic heterocycles. The standard InChI is InChI=1S/C23H21N3O5/c1-13-5-7-15(8-6-13)25-23(31)24-12-14-3-2-4-17-20(14)22(30)26(21(17)29)18-10-9-16(27)11-19(18)28/h2-8,18H,9-12H2,1H3,(H2,24,25,31). The summed E-state index contributed by atoms with van der Waals surface area (Å²) >= 11 is 0. The molecule has 2 N–H and O–H groups in total. The molecule has 1 heterocycles. The van der Waals surface area contributed by atoms with Crippen LogP contribution in [0, 0.1) is 6.92 Å². The Morgan fingerprint density at radius 2 is 1.77 bits per heavy atom. The lowest BCUT2D eigenvalue weighted by molar-refractivity contribution is -0.132. The molecule has 158 valence electrons. The highest BCUT2D eigenvalue weighted by Crippen LogP contribution is 2.31. The van der Waals surface area contributed by atoms with Crippen LogP contribution in [0.3, 0.4) is 0 Å². The maximum Gasteiger partial charge on any atom is 0.319 e. The van der Waals surface area contributed by atoms with Gasteiger partial charge in [0, 0.05) is 18.7 Å². The minimum absolute atomic E-state index is 0.0326. The zero-order chi connectivity index (χ0) is 22.1. The van der Waals surface area contributed by atoms with Crippen LogP contribution in [0.2, 0.25) is 0 Å². The van der Waals surface area contributed by atoms with Crippen LogP contribution in [0.5, 0.6) is 0 Å². The van der Waals surface area contributed by atoms with Gasteiger partial charge in [-0.05, 0) is 37.1 Å². The van der Waals surface area contributed by atoms with Gasteiger partial charge in [0.2, 0.25) is 0 Å². The first-order valence-electron chi connectivity index (χ1n) is 10.0. The summed E-state index contributed by atoms with van der Waals surface area (Å²) in [5.74, 6) is -1.70. The van der Waals surface area contributed by atoms with E-state index in [1.54, 1.807) is 24.3 Å². The highest BCUT2D eigenvalue weighted by molar-refractivity contribution is 6.24. The summed E-state index contributed by atoms with van der Waals surface area (Å²) in [4.78, 5) is 62.9. The van der Waals surface area contributed by atoms with Gasteiger partial charge in [0.25, 0.3) is 11.8 Å². The van der Waals surface area contributed by atoms with Gasteiger partial charge in [-0.2, -0.15) is 0 Å². The number of benzene rings is 2. The van der Waals surface area contributed by atoms with E-state index in [0.717, 1.165) is 10.5 Å². The lowest BCUT2D eigenvalue weighted by Gasteiger charge is -2.27. The molecular weight excluding hydrogens is 398 g/mol. The Hall–Kier alpha value is -3.81. The first kappa shape index (κ1) is 20.5. The molecule has 8 heteroatoms. The highest BCUT2D eigenvalue weighted by atomic mass is 16.2. The average Bonchev–Trinajstić information content (AvgIpc) is 2.99. The normalized spacial score (nSPS) is 18.2. The van der Waals surface area contributed by atoms with E-state index in [0.29, 0.717) is 11.3 Å². The van der Waals surface area contributed by atoms with E-state index in [-0.39, 0.29) is 42.7 Å². The first-order valence-corrected chi connectivity index (χ1v) is 10.0. The van der Waals surface area contributed by atoms with Crippen molar-refractivity contribution in [3.8, 4) is 0 Å². The van der Waals surface area contributed by atoms with E-state index < -0.39 is 29.7 Å². The van der Waals surface area contributed by atoms with Crippen molar-refractivity contribution in [1.82, 2.24) is 10.2 Å². The van der Waals surface area contributed by atoms with Gasteiger partial charge in [-0.25, -0.2) is 4.79 Å². The number of rotatable bonds is 4. The molecule has 4 rings (SSSR count). The van der Waals surface area contributed by atoms with Gasteiger partial charge >= 0.3 is 6.03 Å². The molecule has 31 heavy (non-hydrogen) atoms. The molecule has 0 radical (unpaired) electrons. The number of ketones is 2. The van der Waals surface area contributed by atoms with Gasteiger partial charge in [-0.15, -0.1) is 0 Å². The third-order valence-corrected chi connectivity index (χ3v) is 5.53. The quantitative estimate of drug-likeness (QED) is 0.584. The van der Waals surface area contributed by atoms with Crippen LogP contribution in [0.15, 0.2) is 42.5 Å². The summed E-state index contributed by atoms with van der Waals surface area (Å²) in [5.41, 5.74) is 2.57. The summed E-state index contributed by atoms with van der Waals surface area (Å²) < 4.78 is 0. The number of aryl methyl sites for hydroxylation is 1. The van der Waals surface area contributed by atoms with Gasteiger partial charge in [0.05, 0.1) is 23.6 Å². The largest absolute Gasteiger partial charge is 0.334 e. The number of amides is 4. The average molecular weight is 419 g/mol. The third-order valence-electron chi connectivity index (χ3n) is 5.53. The highest BCUT2D eigenvalue weighted by Gasteiger charge is 2.45. The lowest BCUT2D eigenvalue weighted by Crippen LogP contribution is -2.47. The maximum atomic E-state index is 13.1. The number of nitrogens with zero attached hydrogens (tertiary/aromatic N) is 1. The Labute approximate surface area is 178 Å². The summed E-state index contributed by atoms with van der Waals surface area (Å²) in [7, 11) is 0. The minimum atomic E-state index is -0.921. The molecule has 1 unspecified atom stereocenters. The fraction of sp³-hybridized carbons (Fsp3) is 0.261. The maximum absolute atomic E-state index is 13.1. The van der Waals surface area contributed by atoms with Crippen LogP contribution in [0.4, 0.5) is 10.5 Å². The molecule has 1 fully saturated rings. The molecular formula is C23H21N3O5. The fourth-order valence-electron chi connectivity index (χ4n) is 3.92. The second kappa shape index (κ2) is 8.14. The van der Waals surface area contributed by atoms with Crippen molar-refractivity contribution >= 4 is 35.1 Å². The van der Waals surface area contributed by atoms with Crippen molar-refractivity contribution in [3.63, 3.8) is 0 Å². The molecule has 4 amide bonds. The molecule has 0 saturated heterocycles. The molecule has 2 aromatic carbocycles. The van der Waals surface area contributed by atoms with Crippen molar-refractivity contribution in [3.05, 3.63) is 64.7 Å². The summed E-state index contributed by atoms with van der Waals surface area (Å²) in [6, 6.07) is 10.8. The second-order valence-corrected chi connectivity index (χ2v) is 7.73. The van der Waals surface area contributed by atoms with Crippen LogP contribution in [0.25, 0.3) is 0 Å². The molecule has 8 nitrogen and oxygen atoms in total. The van der Waals surface area contributed by atoms with E-state index in [4.69, 9.17) is 0 Å². The number of carbonyl (C=O) groups excluding carboxylic acids is 5. The number of hydrogen-bond acceptors (Lipinski definition) is 5. The van der Waals surface area contributed by atoms with Crippen LogP contribution >= 0.6 is 0 Å². The molecule has 1 atom stereocenters. The smallest absolute Gasteiger partial charge is 0.319 e. The Bertz CT molecular complexity index is 1110. The lowest BCUT2D eigenvalue weighted by atomic mass is 9.92. The fourth-order valence-corrected chi connectivity index (χ4v) is 3.92. The third kappa shape index (κ3) is 3.96. The van der Waals surface area contributed by atoms with Gasteiger partial charge in [0.15, 0.2) is 5.78 Å². The Morgan fingerprint density at radius 1 is 1.03 bits per heavy atom. The number of carbonyl (C=O) groups is 5. The van der Waals surface area contributed by atoms with Gasteiger partial charge < -0.3 is 10.6 Å². The van der Waals surface area contributed by atoms with E-state index in [1.807, 2.05) is 19.1 Å². The second-order valence-electron chi connectivity index (χ2n) is 7.73. The summed E-state index contributed by atoms with van der Waals surface area (Å²) in [6.45, 7) is 1.98. The van der Waals surface area contributed by atoms with Gasteiger partial charge in [0.1, 0.15) is 5.78 Å². The molecule has 1 aliphatic heterocycles. The molecule has 1 aliphatic carbocycles. The van der Waals surface area contributed by atoms with Crippen molar-refractivity contribution in [1.29, 1.82) is 0 Å². The molecule has 2 aromatic rings. The van der Waals surface area contributed by atoms with Gasteiger partial charge in [-0.3, -0.25) is 24.1 Å². The van der Waals surface area contributed by atoms with Crippen LogP contribution in [-0.2, 0) is 16.1 Å². The van der Waals surface area contributed by atoms with Crippen LogP contribution in [-0.4, -0.2) is 40.4 Å². The van der Waals surface area contributed by atoms with Crippen molar-refractivity contribution < 1.29 is 24.0 Å². The van der Waals surface area contributed by atoms with Crippen molar-refractivity contribution in [2.75, 3.05) is 5.32 Å². The van der Waals surface area contributed by atoms with Gasteiger partial charge in [-0.1, -0.05) is 29.8 Å². The first-order chi connectivity index (χ1) is 14.8. The molecule has 2 aliphatic rings. The van der Waals surface area contributed by atoms with Crippen molar-refractivity contribution in [2.45, 2.75) is 38.8 Å². The number of urea groups is 1. The van der Waals surface area contributed by atoms with Crippen LogP contribution in [0.1, 0.15) is 51.1 Å². The van der Waals surface area contributed by atoms with E-state index in [1.165, 1.54) is 6.07 Å². The molecule has 1 saturated carbocycles. The zero-order valence-electron chi connectivity index (χ0n) is 16.9. The molecule has 0 bridgehead atoms. The number of anilines is 1. The predicted octanol–water partition coefficient (Wildman–Crippen LogP) is 2.60. The molecule has 0 spiro atoms. The summed E-state index contributed by atoms with van der Waals surface area (Å²) in [5, 5.41) is 5.40. The number of hydrogen-bond donors (Lipinski definition) is 2. The number of nitrogens with one attached hydrogen (secondary N) is 2. The Morgan fingerprint density at radius 3 is 2.48 bits per heavy atom. The SMILES string of the molecule is Cc1ccc(NC(=O)NCc2cccc3c2C(=O)N(C2CCC(=O)CC2=O)C3=O)cc1. The van der Waals surface area contributed by atoms with E-state index in [9.17, 15) is 24.0 Å². The summed E-state index contributed by atoms with van der Waals surface area (Å²) in [6.07, 6.45) is 0.0543. The monoisotopic (exact) mass is 419 g/mol. The zero-order valence-corrected chi connectivity index (χ0v) is 16.9.